The normalized spacial score (nSPS) is 26.0. The number of rotatable bonds is 16. The van der Waals surface area contributed by atoms with Crippen LogP contribution in [0.25, 0.3) is 0 Å². The van der Waals surface area contributed by atoms with Crippen LogP contribution in [0.1, 0.15) is 84.3 Å². The number of benzene rings is 1. The van der Waals surface area contributed by atoms with Crippen LogP contribution in [0.15, 0.2) is 55.6 Å². The first kappa shape index (κ1) is 36.3. The standard InChI is InChI=1S/C37H53N3O7/c1-8-10-19-28(42)38(7)25(3)31(26-17-13-11-14-18-26)46-35(45)29-27-20-21-37(47-27)30(29)33(43)39(23-15-12-16-24-41)32(37)34(44)40(22-9-2)36(4,5)6/h8-9,11,13-14,17-18,25,27,29-32,41H,1-2,10,12,15-16,19-24H2,3-7H3/t25-,27+,29-,30-,31+,32+,37-/m0/s1. The number of hydrogen-bond donors (Lipinski definition) is 1. The van der Waals surface area contributed by atoms with E-state index in [1.807, 2.05) is 58.0 Å². The highest BCUT2D eigenvalue weighted by molar-refractivity contribution is 5.98. The smallest absolute Gasteiger partial charge is 0.313 e. The molecule has 0 radical (unpaired) electrons. The quantitative estimate of drug-likeness (QED) is 0.160. The molecule has 10 nitrogen and oxygen atoms in total. The van der Waals surface area contributed by atoms with Crippen molar-refractivity contribution >= 4 is 23.7 Å². The van der Waals surface area contributed by atoms with Crippen molar-refractivity contribution in [2.45, 2.75) is 108 Å². The molecule has 3 aliphatic heterocycles. The maximum absolute atomic E-state index is 14.5. The molecule has 258 valence electrons. The number of fused-ring (bicyclic) bond motifs is 1. The number of hydrogen-bond acceptors (Lipinski definition) is 7. The van der Waals surface area contributed by atoms with Crippen molar-refractivity contribution in [2.24, 2.45) is 11.8 Å². The maximum atomic E-state index is 14.5. The first-order valence-corrected chi connectivity index (χ1v) is 17.0. The summed E-state index contributed by atoms with van der Waals surface area (Å²) in [5.41, 5.74) is -0.971. The Hall–Kier alpha value is -3.50. The molecule has 1 spiro atoms. The van der Waals surface area contributed by atoms with Gasteiger partial charge in [0.2, 0.25) is 17.7 Å². The first-order valence-electron chi connectivity index (χ1n) is 17.0. The van der Waals surface area contributed by atoms with Gasteiger partial charge in [-0.15, -0.1) is 13.2 Å². The summed E-state index contributed by atoms with van der Waals surface area (Å²) in [6, 6.07) is 7.91. The number of amides is 3. The van der Waals surface area contributed by atoms with Crippen LogP contribution >= 0.6 is 0 Å². The Morgan fingerprint density at radius 1 is 1.15 bits per heavy atom. The number of aliphatic hydroxyl groups is 1. The van der Waals surface area contributed by atoms with E-state index in [0.29, 0.717) is 58.0 Å². The van der Waals surface area contributed by atoms with Crippen LogP contribution in [0.4, 0.5) is 0 Å². The lowest BCUT2D eigenvalue weighted by molar-refractivity contribution is -0.164. The molecule has 0 saturated carbocycles. The lowest BCUT2D eigenvalue weighted by Gasteiger charge is -2.42. The van der Waals surface area contributed by atoms with E-state index >= 15 is 0 Å². The van der Waals surface area contributed by atoms with Gasteiger partial charge in [-0.05, 0) is 71.8 Å². The summed E-state index contributed by atoms with van der Waals surface area (Å²) < 4.78 is 13.0. The molecule has 1 aromatic carbocycles. The van der Waals surface area contributed by atoms with Crippen molar-refractivity contribution in [3.8, 4) is 0 Å². The average molecular weight is 652 g/mol. The summed E-state index contributed by atoms with van der Waals surface area (Å²) in [6.45, 7) is 15.9. The largest absolute Gasteiger partial charge is 0.455 e. The third-order valence-electron chi connectivity index (χ3n) is 10.1. The highest BCUT2D eigenvalue weighted by Crippen LogP contribution is 2.59. The van der Waals surface area contributed by atoms with E-state index in [-0.39, 0.29) is 24.3 Å². The minimum atomic E-state index is -1.16. The van der Waals surface area contributed by atoms with Crippen molar-refractivity contribution in [1.82, 2.24) is 14.7 Å². The second-order valence-corrected chi connectivity index (χ2v) is 14.1. The van der Waals surface area contributed by atoms with E-state index in [2.05, 4.69) is 13.2 Å². The molecular formula is C37H53N3O7. The van der Waals surface area contributed by atoms with Gasteiger partial charge in [0.1, 0.15) is 17.7 Å². The van der Waals surface area contributed by atoms with Gasteiger partial charge in [-0.1, -0.05) is 42.5 Å². The number of likely N-dealkylation sites (N-methyl/N-ethyl adjacent to an activating group) is 1. The van der Waals surface area contributed by atoms with Gasteiger partial charge in [-0.3, -0.25) is 19.2 Å². The number of likely N-dealkylation sites (tertiary alicyclic amines) is 1. The molecule has 0 aliphatic carbocycles. The molecule has 1 N–H and O–H groups in total. The Bertz CT molecular complexity index is 1310. The average Bonchev–Trinajstić information content (AvgIpc) is 3.69. The third-order valence-corrected chi connectivity index (χ3v) is 10.1. The minimum absolute atomic E-state index is 0.0504. The van der Waals surface area contributed by atoms with E-state index in [9.17, 15) is 24.3 Å². The predicted molar refractivity (Wildman–Crippen MR) is 179 cm³/mol. The van der Waals surface area contributed by atoms with Crippen LogP contribution in [0.3, 0.4) is 0 Å². The van der Waals surface area contributed by atoms with Gasteiger partial charge in [-0.25, -0.2) is 0 Å². The lowest BCUT2D eigenvalue weighted by atomic mass is 9.70. The van der Waals surface area contributed by atoms with E-state index in [4.69, 9.17) is 9.47 Å². The van der Waals surface area contributed by atoms with Gasteiger partial charge < -0.3 is 29.3 Å². The fourth-order valence-electron chi connectivity index (χ4n) is 7.61. The molecule has 1 aromatic rings. The zero-order valence-electron chi connectivity index (χ0n) is 28.7. The Morgan fingerprint density at radius 2 is 1.85 bits per heavy atom. The van der Waals surface area contributed by atoms with Crippen LogP contribution in [0.2, 0.25) is 0 Å². The van der Waals surface area contributed by atoms with E-state index in [1.54, 1.807) is 33.9 Å². The molecule has 3 heterocycles. The van der Waals surface area contributed by atoms with Crippen molar-refractivity contribution in [1.29, 1.82) is 0 Å². The van der Waals surface area contributed by atoms with Gasteiger partial charge in [0.05, 0.1) is 24.0 Å². The van der Waals surface area contributed by atoms with Gasteiger partial charge >= 0.3 is 5.97 Å². The summed E-state index contributed by atoms with van der Waals surface area (Å²) in [4.78, 5) is 61.2. The summed E-state index contributed by atoms with van der Waals surface area (Å²) in [6.07, 6.45) is 5.74. The van der Waals surface area contributed by atoms with Gasteiger partial charge in [0, 0.05) is 38.7 Å². The number of allylic oxidation sites excluding steroid dienone is 1. The zero-order valence-corrected chi connectivity index (χ0v) is 28.7. The van der Waals surface area contributed by atoms with Crippen molar-refractivity contribution in [2.75, 3.05) is 26.7 Å². The predicted octanol–water partition coefficient (Wildman–Crippen LogP) is 4.43. The van der Waals surface area contributed by atoms with E-state index < -0.39 is 53.2 Å². The van der Waals surface area contributed by atoms with Crippen LogP contribution in [-0.4, -0.2) is 99.6 Å². The summed E-state index contributed by atoms with van der Waals surface area (Å²) in [7, 11) is 1.70. The Labute approximate surface area is 279 Å². The SMILES string of the molecule is C=CCCC(=O)N(C)[C@@H](C)[C@@H](OC(=O)[C@@H]1[C@H]2C(=O)N(CCCCCO)[C@H](C(=O)N(CC=C)C(C)(C)C)[C@]23CC[C@H]1O3)c1ccccc1. The molecular weight excluding hydrogens is 598 g/mol. The van der Waals surface area contributed by atoms with Crippen LogP contribution < -0.4 is 0 Å². The number of ether oxygens (including phenoxy) is 2. The number of esters is 1. The molecule has 4 rings (SSSR count). The van der Waals surface area contributed by atoms with Crippen LogP contribution in [0, 0.1) is 11.8 Å². The van der Waals surface area contributed by atoms with Crippen molar-refractivity contribution in [3.63, 3.8) is 0 Å². The van der Waals surface area contributed by atoms with E-state index in [0.717, 1.165) is 5.56 Å². The lowest BCUT2D eigenvalue weighted by Crippen LogP contribution is -2.59. The monoisotopic (exact) mass is 651 g/mol. The summed E-state index contributed by atoms with van der Waals surface area (Å²) in [5.74, 6) is -2.91. The maximum Gasteiger partial charge on any atom is 0.313 e. The van der Waals surface area contributed by atoms with Crippen molar-refractivity contribution in [3.05, 3.63) is 61.2 Å². The van der Waals surface area contributed by atoms with Crippen LogP contribution in [-0.2, 0) is 28.7 Å². The number of carbonyl (C=O) groups is 4. The number of carbonyl (C=O) groups excluding carboxylic acids is 4. The second-order valence-electron chi connectivity index (χ2n) is 14.1. The second kappa shape index (κ2) is 15.2. The van der Waals surface area contributed by atoms with Crippen molar-refractivity contribution < 1.29 is 33.8 Å². The summed E-state index contributed by atoms with van der Waals surface area (Å²) in [5, 5.41) is 9.33. The third kappa shape index (κ3) is 7.18. The number of unbranched alkanes of at least 4 members (excludes halogenated alkanes) is 2. The Balaban J connectivity index is 1.68. The highest BCUT2D eigenvalue weighted by Gasteiger charge is 2.75. The molecule has 2 bridgehead atoms. The number of aliphatic hydroxyl groups excluding tert-OH is 1. The van der Waals surface area contributed by atoms with Gasteiger partial charge in [0.25, 0.3) is 0 Å². The molecule has 3 saturated heterocycles. The molecule has 0 unspecified atom stereocenters. The minimum Gasteiger partial charge on any atom is -0.455 e. The molecule has 7 atom stereocenters. The fourth-order valence-corrected chi connectivity index (χ4v) is 7.61. The number of nitrogens with zero attached hydrogens (tertiary/aromatic N) is 3. The highest BCUT2D eigenvalue weighted by atomic mass is 16.6. The zero-order chi connectivity index (χ0) is 34.5. The summed E-state index contributed by atoms with van der Waals surface area (Å²) >= 11 is 0. The Morgan fingerprint density at radius 3 is 2.47 bits per heavy atom. The molecule has 0 aromatic heterocycles. The molecule has 3 aliphatic rings. The fraction of sp³-hybridized carbons (Fsp3) is 0.622. The van der Waals surface area contributed by atoms with Gasteiger partial charge in [-0.2, -0.15) is 0 Å². The van der Waals surface area contributed by atoms with Crippen LogP contribution in [0.5, 0.6) is 0 Å². The Kier molecular flexibility index (Phi) is 11.7. The molecule has 3 amide bonds. The molecule has 47 heavy (non-hydrogen) atoms. The molecule has 3 fully saturated rings. The van der Waals surface area contributed by atoms with Gasteiger partial charge in [0.15, 0.2) is 0 Å². The van der Waals surface area contributed by atoms with E-state index in [1.165, 1.54) is 0 Å². The topological polar surface area (TPSA) is 117 Å². The first-order chi connectivity index (χ1) is 22.3. The molecule has 10 heteroatoms.